The van der Waals surface area contributed by atoms with E-state index in [9.17, 15) is 19.2 Å². The highest BCUT2D eigenvalue weighted by molar-refractivity contribution is 5.92. The normalized spacial score (nSPS) is 11.1. The smallest absolute Gasteiger partial charge is 0.372 e. The minimum absolute atomic E-state index is 0.0448. The summed E-state index contributed by atoms with van der Waals surface area (Å²) in [5.41, 5.74) is -1.46. The highest BCUT2D eigenvalue weighted by atomic mass is 16.4. The average Bonchev–Trinajstić information content (AvgIpc) is 2.27. The Balaban J connectivity index is 2.68. The fourth-order valence-corrected chi connectivity index (χ4v) is 1.69. The zero-order chi connectivity index (χ0) is 12.9. The summed E-state index contributed by atoms with van der Waals surface area (Å²) < 4.78 is 8.68. The SMILES string of the molecule is O=c1[nH]c2cc3c(=O)oc(=O)[nH]c3cc2c(=O)o1. The molecule has 90 valence electrons. The Bertz CT molecular complexity index is 919. The molecule has 0 radical (unpaired) electrons. The van der Waals surface area contributed by atoms with Crippen molar-refractivity contribution in [2.45, 2.75) is 0 Å². The molecule has 0 saturated heterocycles. The molecule has 0 aliphatic rings. The highest BCUT2D eigenvalue weighted by Crippen LogP contribution is 2.12. The van der Waals surface area contributed by atoms with Crippen molar-refractivity contribution in [2.75, 3.05) is 0 Å². The van der Waals surface area contributed by atoms with Gasteiger partial charge in [0.05, 0.1) is 21.8 Å². The summed E-state index contributed by atoms with van der Waals surface area (Å²) >= 11 is 0. The minimum atomic E-state index is -0.930. The predicted octanol–water partition coefficient (Wildman–Crippen LogP) is -0.724. The molecular weight excluding hydrogens is 244 g/mol. The van der Waals surface area contributed by atoms with E-state index in [1.54, 1.807) is 0 Å². The third kappa shape index (κ3) is 1.39. The van der Waals surface area contributed by atoms with Crippen molar-refractivity contribution < 1.29 is 8.83 Å². The summed E-state index contributed by atoms with van der Waals surface area (Å²) in [6.07, 6.45) is 0. The van der Waals surface area contributed by atoms with Crippen LogP contribution in [0.1, 0.15) is 0 Å². The van der Waals surface area contributed by atoms with Gasteiger partial charge in [0, 0.05) is 0 Å². The zero-order valence-corrected chi connectivity index (χ0v) is 8.60. The van der Waals surface area contributed by atoms with Crippen LogP contribution in [0.5, 0.6) is 0 Å². The van der Waals surface area contributed by atoms with Crippen LogP contribution in [0, 0.1) is 0 Å². The van der Waals surface area contributed by atoms with Crippen molar-refractivity contribution in [3.63, 3.8) is 0 Å². The third-order valence-corrected chi connectivity index (χ3v) is 2.44. The molecule has 0 fully saturated rings. The Morgan fingerprint density at radius 1 is 0.722 bits per heavy atom. The topological polar surface area (TPSA) is 126 Å². The van der Waals surface area contributed by atoms with Crippen molar-refractivity contribution in [1.82, 2.24) is 9.97 Å². The van der Waals surface area contributed by atoms with Crippen LogP contribution < -0.4 is 22.8 Å². The molecule has 8 heteroatoms. The molecule has 3 rings (SSSR count). The third-order valence-electron chi connectivity index (χ3n) is 2.44. The van der Waals surface area contributed by atoms with E-state index < -0.39 is 22.8 Å². The van der Waals surface area contributed by atoms with Crippen LogP contribution in [0.25, 0.3) is 21.8 Å². The van der Waals surface area contributed by atoms with Gasteiger partial charge in [-0.15, -0.1) is 0 Å². The van der Waals surface area contributed by atoms with Gasteiger partial charge in [-0.2, -0.15) is 0 Å². The van der Waals surface area contributed by atoms with E-state index in [2.05, 4.69) is 18.8 Å². The predicted molar refractivity (Wildman–Crippen MR) is 59.8 cm³/mol. The lowest BCUT2D eigenvalue weighted by atomic mass is 10.2. The maximum Gasteiger partial charge on any atom is 0.419 e. The van der Waals surface area contributed by atoms with Gasteiger partial charge in [0.15, 0.2) is 0 Å². The lowest BCUT2D eigenvalue weighted by Gasteiger charge is -1.98. The van der Waals surface area contributed by atoms with Crippen LogP contribution >= 0.6 is 0 Å². The van der Waals surface area contributed by atoms with Gasteiger partial charge in [-0.3, -0.25) is 9.97 Å². The summed E-state index contributed by atoms with van der Waals surface area (Å²) in [5, 5.41) is 0.0895. The average molecular weight is 248 g/mol. The summed E-state index contributed by atoms with van der Waals surface area (Å²) in [4.78, 5) is 49.4. The Morgan fingerprint density at radius 3 is 1.50 bits per heavy atom. The minimum Gasteiger partial charge on any atom is -0.372 e. The standard InChI is InChI=1S/C10H4N2O6/c13-7-3-1-5-4(8(14)18-9(15)11-5)2-6(3)12-10(16)17-7/h1-2H,(H,11,15)(H,12,16). The number of hydrogen-bond acceptors (Lipinski definition) is 6. The van der Waals surface area contributed by atoms with E-state index in [0.717, 1.165) is 0 Å². The zero-order valence-electron chi connectivity index (χ0n) is 8.60. The van der Waals surface area contributed by atoms with Crippen molar-refractivity contribution in [3.8, 4) is 0 Å². The van der Waals surface area contributed by atoms with Crippen LogP contribution in [0.3, 0.4) is 0 Å². The molecule has 0 spiro atoms. The van der Waals surface area contributed by atoms with Crippen molar-refractivity contribution >= 4 is 21.8 Å². The van der Waals surface area contributed by atoms with Crippen LogP contribution in [0.2, 0.25) is 0 Å². The molecule has 1 aromatic carbocycles. The summed E-state index contributed by atoms with van der Waals surface area (Å²) in [7, 11) is 0. The number of aromatic nitrogens is 2. The second-order valence-corrected chi connectivity index (χ2v) is 3.55. The van der Waals surface area contributed by atoms with Crippen LogP contribution in [0.4, 0.5) is 0 Å². The number of rotatable bonds is 0. The highest BCUT2D eigenvalue weighted by Gasteiger charge is 2.08. The summed E-state index contributed by atoms with van der Waals surface area (Å²) in [6, 6.07) is 2.48. The number of hydrogen-bond donors (Lipinski definition) is 2. The number of aromatic amines is 2. The Labute approximate surface area is 95.5 Å². The molecule has 2 aromatic heterocycles. The molecular formula is C10H4N2O6. The van der Waals surface area contributed by atoms with Crippen molar-refractivity contribution in [3.05, 3.63) is 54.1 Å². The first-order valence-corrected chi connectivity index (χ1v) is 4.79. The largest absolute Gasteiger partial charge is 0.419 e. The number of benzene rings is 1. The molecule has 0 atom stereocenters. The van der Waals surface area contributed by atoms with E-state index in [1.807, 2.05) is 0 Å². The number of nitrogens with one attached hydrogen (secondary N) is 2. The van der Waals surface area contributed by atoms with Crippen molar-refractivity contribution in [1.29, 1.82) is 0 Å². The molecule has 8 nitrogen and oxygen atoms in total. The molecule has 3 aromatic rings. The van der Waals surface area contributed by atoms with Crippen LogP contribution in [-0.2, 0) is 0 Å². The van der Waals surface area contributed by atoms with Crippen LogP contribution in [-0.4, -0.2) is 9.97 Å². The quantitative estimate of drug-likeness (QED) is 0.505. The molecule has 0 bridgehead atoms. The van der Waals surface area contributed by atoms with Gasteiger partial charge in [-0.1, -0.05) is 0 Å². The number of H-pyrrole nitrogens is 2. The van der Waals surface area contributed by atoms with E-state index in [4.69, 9.17) is 0 Å². The molecule has 0 unspecified atom stereocenters. The molecule has 0 aliphatic heterocycles. The van der Waals surface area contributed by atoms with Gasteiger partial charge >= 0.3 is 22.8 Å². The maximum atomic E-state index is 11.4. The Morgan fingerprint density at radius 2 is 1.11 bits per heavy atom. The van der Waals surface area contributed by atoms with Gasteiger partial charge in [-0.05, 0) is 12.1 Å². The van der Waals surface area contributed by atoms with Crippen LogP contribution in [0.15, 0.2) is 40.1 Å². The van der Waals surface area contributed by atoms with Gasteiger partial charge in [-0.25, -0.2) is 19.2 Å². The summed E-state index contributed by atoms with van der Waals surface area (Å²) in [6.45, 7) is 0. The monoisotopic (exact) mass is 248 g/mol. The van der Waals surface area contributed by atoms with E-state index >= 15 is 0 Å². The lowest BCUT2D eigenvalue weighted by Crippen LogP contribution is -2.17. The second kappa shape index (κ2) is 3.29. The lowest BCUT2D eigenvalue weighted by molar-refractivity contribution is 0.457. The first kappa shape index (κ1) is 10.3. The molecule has 0 aliphatic carbocycles. The Kier molecular flexibility index (Phi) is 1.88. The van der Waals surface area contributed by atoms with Gasteiger partial charge in [0.2, 0.25) is 0 Å². The summed E-state index contributed by atoms with van der Waals surface area (Å²) in [5.74, 6) is -1.86. The van der Waals surface area contributed by atoms with Gasteiger partial charge < -0.3 is 8.83 Å². The van der Waals surface area contributed by atoms with E-state index in [1.165, 1.54) is 12.1 Å². The molecule has 0 saturated carbocycles. The first-order chi connectivity index (χ1) is 8.54. The van der Waals surface area contributed by atoms with Gasteiger partial charge in [0.25, 0.3) is 0 Å². The van der Waals surface area contributed by atoms with E-state index in [-0.39, 0.29) is 21.8 Å². The molecule has 0 amide bonds. The Hall–Kier alpha value is -2.90. The maximum absolute atomic E-state index is 11.4. The molecule has 2 N–H and O–H groups in total. The van der Waals surface area contributed by atoms with Gasteiger partial charge in [0.1, 0.15) is 0 Å². The first-order valence-electron chi connectivity index (χ1n) is 4.79. The molecule has 2 heterocycles. The molecule has 18 heavy (non-hydrogen) atoms. The fraction of sp³-hybridized carbons (Fsp3) is 0. The second-order valence-electron chi connectivity index (χ2n) is 3.55. The van der Waals surface area contributed by atoms with E-state index in [0.29, 0.717) is 0 Å². The number of fused-ring (bicyclic) bond motifs is 2. The fourth-order valence-electron chi connectivity index (χ4n) is 1.69. The van der Waals surface area contributed by atoms with Crippen molar-refractivity contribution in [2.24, 2.45) is 0 Å².